The van der Waals surface area contributed by atoms with Gasteiger partial charge < -0.3 is 15.5 Å². The number of carbonyl (C=O) groups excluding carboxylic acids is 1. The van der Waals surface area contributed by atoms with Crippen molar-refractivity contribution in [1.82, 2.24) is 0 Å². The van der Waals surface area contributed by atoms with Gasteiger partial charge in [0.25, 0.3) is 0 Å². The first kappa shape index (κ1) is 14.9. The molecule has 0 aromatic heterocycles. The molecule has 1 aliphatic rings. The molecule has 110 valence electrons. The van der Waals surface area contributed by atoms with Crippen LogP contribution in [0.3, 0.4) is 0 Å². The van der Waals surface area contributed by atoms with Gasteiger partial charge in [-0.2, -0.15) is 0 Å². The number of hydrogen-bond acceptors (Lipinski definition) is 3. The van der Waals surface area contributed by atoms with E-state index in [1.54, 1.807) is 0 Å². The van der Waals surface area contributed by atoms with Crippen LogP contribution in [0.15, 0.2) is 24.3 Å². The zero-order chi connectivity index (χ0) is 14.6. The minimum Gasteiger partial charge on any atom is -0.394 e. The Kier molecular flexibility index (Phi) is 4.73. The van der Waals surface area contributed by atoms with Gasteiger partial charge in [-0.3, -0.25) is 4.79 Å². The van der Waals surface area contributed by atoms with Crippen molar-refractivity contribution >= 4 is 11.6 Å². The Morgan fingerprint density at radius 1 is 1.30 bits per heavy atom. The summed E-state index contributed by atoms with van der Waals surface area (Å²) in [5.74, 6) is -0.572. The number of benzene rings is 1. The number of halogens is 1. The summed E-state index contributed by atoms with van der Waals surface area (Å²) in [5.41, 5.74) is 0.00168. The maximum atomic E-state index is 12.8. The number of anilines is 1. The van der Waals surface area contributed by atoms with Crippen molar-refractivity contribution in [2.24, 2.45) is 5.41 Å². The van der Waals surface area contributed by atoms with Gasteiger partial charge in [-0.1, -0.05) is 12.8 Å². The molecule has 0 radical (unpaired) electrons. The minimum absolute atomic E-state index is 0.173. The molecule has 1 aliphatic carbocycles. The fraction of sp³-hybridized carbons (Fsp3) is 0.533. The number of carbonyl (C=O) groups is 1. The highest BCUT2D eigenvalue weighted by molar-refractivity contribution is 5.91. The van der Waals surface area contributed by atoms with Crippen LogP contribution in [0, 0.1) is 11.2 Å². The molecule has 1 unspecified atom stereocenters. The van der Waals surface area contributed by atoms with Crippen LogP contribution in [0.2, 0.25) is 0 Å². The van der Waals surface area contributed by atoms with Crippen molar-refractivity contribution in [2.75, 3.05) is 11.9 Å². The highest BCUT2D eigenvalue weighted by atomic mass is 19.1. The molecular weight excluding hydrogens is 261 g/mol. The standard InChI is InChI=1S/C15H20FNO3/c16-11-3-5-12(6-4-11)17-14(20)9-15(13(19)10-18)7-1-2-8-15/h3-6,13,18-19H,1-2,7-10H2,(H,17,20). The maximum Gasteiger partial charge on any atom is 0.225 e. The van der Waals surface area contributed by atoms with E-state index in [4.69, 9.17) is 0 Å². The van der Waals surface area contributed by atoms with Gasteiger partial charge in [0.1, 0.15) is 5.82 Å². The highest BCUT2D eigenvalue weighted by Crippen LogP contribution is 2.44. The second-order valence-corrected chi connectivity index (χ2v) is 5.50. The Morgan fingerprint density at radius 3 is 2.45 bits per heavy atom. The Labute approximate surface area is 117 Å². The summed E-state index contributed by atoms with van der Waals surface area (Å²) in [4.78, 5) is 12.1. The van der Waals surface area contributed by atoms with Crippen molar-refractivity contribution < 1.29 is 19.4 Å². The smallest absolute Gasteiger partial charge is 0.225 e. The second kappa shape index (κ2) is 6.33. The van der Waals surface area contributed by atoms with E-state index >= 15 is 0 Å². The number of aliphatic hydroxyl groups is 2. The maximum absolute atomic E-state index is 12.8. The van der Waals surface area contributed by atoms with Gasteiger partial charge in [0.05, 0.1) is 12.7 Å². The summed E-state index contributed by atoms with van der Waals surface area (Å²) < 4.78 is 12.8. The first-order valence-electron chi connectivity index (χ1n) is 6.90. The third-order valence-corrected chi connectivity index (χ3v) is 4.12. The lowest BCUT2D eigenvalue weighted by molar-refractivity contribution is -0.121. The molecule has 2 rings (SSSR count). The van der Waals surface area contributed by atoms with Crippen LogP contribution in [-0.4, -0.2) is 28.8 Å². The minimum atomic E-state index is -0.871. The average molecular weight is 281 g/mol. The van der Waals surface area contributed by atoms with E-state index in [0.717, 1.165) is 25.7 Å². The van der Waals surface area contributed by atoms with Gasteiger partial charge in [0.15, 0.2) is 0 Å². The lowest BCUT2D eigenvalue weighted by atomic mass is 9.77. The zero-order valence-electron chi connectivity index (χ0n) is 11.3. The summed E-state index contributed by atoms with van der Waals surface area (Å²) in [6.07, 6.45) is 2.70. The highest BCUT2D eigenvalue weighted by Gasteiger charge is 2.41. The van der Waals surface area contributed by atoms with Gasteiger partial charge >= 0.3 is 0 Å². The Hall–Kier alpha value is -1.46. The summed E-state index contributed by atoms with van der Waals surface area (Å²) in [5, 5.41) is 21.9. The molecule has 0 aliphatic heterocycles. The van der Waals surface area contributed by atoms with E-state index in [0.29, 0.717) is 5.69 Å². The fourth-order valence-corrected chi connectivity index (χ4v) is 2.96. The molecule has 1 fully saturated rings. The molecular formula is C15H20FNO3. The first-order chi connectivity index (χ1) is 9.55. The Balaban J connectivity index is 2.00. The van der Waals surface area contributed by atoms with Crippen LogP contribution in [0.25, 0.3) is 0 Å². The molecule has 3 N–H and O–H groups in total. The second-order valence-electron chi connectivity index (χ2n) is 5.50. The molecule has 1 aromatic rings. The van der Waals surface area contributed by atoms with Crippen molar-refractivity contribution in [1.29, 1.82) is 0 Å². The summed E-state index contributed by atoms with van der Waals surface area (Å²) in [6.45, 7) is -0.330. The Bertz CT molecular complexity index is 455. The number of nitrogens with one attached hydrogen (secondary N) is 1. The molecule has 0 saturated heterocycles. The van der Waals surface area contributed by atoms with E-state index in [1.807, 2.05) is 0 Å². The molecule has 1 amide bonds. The molecule has 1 aromatic carbocycles. The van der Waals surface area contributed by atoms with Gasteiger partial charge in [-0.05, 0) is 37.1 Å². The lowest BCUT2D eigenvalue weighted by Crippen LogP contribution is -2.38. The SMILES string of the molecule is O=C(CC1(C(O)CO)CCCC1)Nc1ccc(F)cc1. The van der Waals surface area contributed by atoms with Gasteiger partial charge in [0.2, 0.25) is 5.91 Å². The third kappa shape index (κ3) is 3.35. The first-order valence-corrected chi connectivity index (χ1v) is 6.90. The predicted molar refractivity (Wildman–Crippen MR) is 73.6 cm³/mol. The summed E-state index contributed by atoms with van der Waals surface area (Å²) in [6, 6.07) is 5.56. The quantitative estimate of drug-likeness (QED) is 0.774. The third-order valence-electron chi connectivity index (χ3n) is 4.12. The van der Waals surface area contributed by atoms with Crippen molar-refractivity contribution in [3.05, 3.63) is 30.1 Å². The fourth-order valence-electron chi connectivity index (χ4n) is 2.96. The van der Waals surface area contributed by atoms with Crippen LogP contribution in [0.4, 0.5) is 10.1 Å². The predicted octanol–water partition coefficient (Wildman–Crippen LogP) is 2.07. The van der Waals surface area contributed by atoms with Gasteiger partial charge in [-0.25, -0.2) is 4.39 Å². The van der Waals surface area contributed by atoms with Crippen molar-refractivity contribution in [3.8, 4) is 0 Å². The van der Waals surface area contributed by atoms with E-state index < -0.39 is 11.5 Å². The molecule has 0 heterocycles. The number of aliphatic hydroxyl groups excluding tert-OH is 2. The van der Waals surface area contributed by atoms with E-state index in [-0.39, 0.29) is 24.8 Å². The molecule has 0 bridgehead atoms. The summed E-state index contributed by atoms with van der Waals surface area (Å²) in [7, 11) is 0. The van der Waals surface area contributed by atoms with Crippen LogP contribution in [-0.2, 0) is 4.79 Å². The molecule has 0 spiro atoms. The monoisotopic (exact) mass is 281 g/mol. The van der Waals surface area contributed by atoms with E-state index in [9.17, 15) is 19.4 Å². The number of amides is 1. The zero-order valence-corrected chi connectivity index (χ0v) is 11.3. The van der Waals surface area contributed by atoms with Gasteiger partial charge in [0, 0.05) is 17.5 Å². The van der Waals surface area contributed by atoms with Crippen molar-refractivity contribution in [2.45, 2.75) is 38.2 Å². The van der Waals surface area contributed by atoms with Gasteiger partial charge in [-0.15, -0.1) is 0 Å². The van der Waals surface area contributed by atoms with Crippen LogP contribution in [0.1, 0.15) is 32.1 Å². The molecule has 1 atom stereocenters. The van der Waals surface area contributed by atoms with Crippen molar-refractivity contribution in [3.63, 3.8) is 0 Å². The molecule has 5 heteroatoms. The molecule has 1 saturated carbocycles. The lowest BCUT2D eigenvalue weighted by Gasteiger charge is -2.32. The topological polar surface area (TPSA) is 69.6 Å². The normalized spacial score (nSPS) is 18.8. The van der Waals surface area contributed by atoms with E-state index in [1.165, 1.54) is 24.3 Å². The van der Waals surface area contributed by atoms with E-state index in [2.05, 4.69) is 5.32 Å². The molecule has 20 heavy (non-hydrogen) atoms. The Morgan fingerprint density at radius 2 is 1.90 bits per heavy atom. The van der Waals surface area contributed by atoms with Crippen LogP contribution >= 0.6 is 0 Å². The summed E-state index contributed by atoms with van der Waals surface area (Å²) >= 11 is 0. The van der Waals surface area contributed by atoms with Crippen LogP contribution in [0.5, 0.6) is 0 Å². The molecule has 4 nitrogen and oxygen atoms in total. The van der Waals surface area contributed by atoms with Crippen LogP contribution < -0.4 is 5.32 Å². The number of hydrogen-bond donors (Lipinski definition) is 3. The average Bonchev–Trinajstić information content (AvgIpc) is 2.90. The number of rotatable bonds is 5. The largest absolute Gasteiger partial charge is 0.394 e.